The number of unbranched alkanes of at least 4 members (excludes halogenated alkanes) is 4. The third-order valence-corrected chi connectivity index (χ3v) is 3.60. The van der Waals surface area contributed by atoms with Gasteiger partial charge in [-0.25, -0.2) is 0 Å². The maximum atomic E-state index is 9.93. The molecular weight excluding hydrogens is 280 g/mol. The van der Waals surface area contributed by atoms with Crippen molar-refractivity contribution in [1.29, 1.82) is 0 Å². The molecule has 0 aromatic rings. The molecule has 1 aliphatic rings. The molecule has 3 N–H and O–H groups in total. The smallest absolute Gasteiger partial charge is 0.144 e. The first-order chi connectivity index (χ1) is 10.6. The molecule has 1 heterocycles. The monoisotopic (exact) mass is 306 g/mol. The fourth-order valence-corrected chi connectivity index (χ4v) is 2.18. The molecule has 22 heavy (non-hydrogen) atoms. The van der Waals surface area contributed by atoms with Crippen LogP contribution in [0.4, 0.5) is 0 Å². The Hall–Kier alpha value is -1.30. The highest BCUT2D eigenvalue weighted by Crippen LogP contribution is 2.31. The Kier molecular flexibility index (Phi) is 8.89. The number of aliphatic hydroxyl groups is 3. The van der Waals surface area contributed by atoms with Crippen molar-refractivity contribution >= 4 is 0 Å². The molecule has 0 unspecified atom stereocenters. The van der Waals surface area contributed by atoms with E-state index in [1.807, 2.05) is 0 Å². The highest BCUT2D eigenvalue weighted by Gasteiger charge is 2.45. The number of hydrogen-bond donors (Lipinski definition) is 3. The van der Waals surface area contributed by atoms with Gasteiger partial charge in [0, 0.05) is 0 Å². The highest BCUT2D eigenvalue weighted by atomic mass is 16.6. The normalized spacial score (nSPS) is 23.3. The fourth-order valence-electron chi connectivity index (χ4n) is 2.18. The van der Waals surface area contributed by atoms with Gasteiger partial charge in [0.1, 0.15) is 24.4 Å². The number of rotatable bonds is 9. The van der Waals surface area contributed by atoms with Gasteiger partial charge in [0.15, 0.2) is 0 Å². The predicted molar refractivity (Wildman–Crippen MR) is 85.8 cm³/mol. The Morgan fingerprint density at radius 1 is 1.09 bits per heavy atom. The van der Waals surface area contributed by atoms with Crippen molar-refractivity contribution in [3.63, 3.8) is 0 Å². The number of ether oxygens (including phenoxy) is 1. The lowest BCUT2D eigenvalue weighted by molar-refractivity contribution is 0.0344. The maximum Gasteiger partial charge on any atom is 0.144 e. The molecule has 4 nitrogen and oxygen atoms in total. The first kappa shape index (κ1) is 18.7. The average molecular weight is 306 g/mol. The van der Waals surface area contributed by atoms with E-state index in [0.717, 1.165) is 12.8 Å². The fraction of sp³-hybridized carbons (Fsp3) is 0.667. The summed E-state index contributed by atoms with van der Waals surface area (Å²) in [4.78, 5) is 0. The average Bonchev–Trinajstić information content (AvgIpc) is 3.29. The van der Waals surface area contributed by atoms with E-state index in [2.05, 4.69) is 37.2 Å². The minimum absolute atomic E-state index is 0.0294. The second-order valence-corrected chi connectivity index (χ2v) is 5.50. The molecule has 122 valence electrons. The van der Waals surface area contributed by atoms with Gasteiger partial charge in [-0.2, -0.15) is 0 Å². The van der Waals surface area contributed by atoms with Crippen molar-refractivity contribution in [2.24, 2.45) is 0 Å². The molecule has 0 aromatic heterocycles. The standard InChI is InChI=1S/C18H26O4/c1-3-5-6-7-8-13-16-18(22-16)17(21)15(20)12-10-9-11-14(19)4-2/h4,14-21H,2-3,5-8,13H2,1H3/t14-,15-,16+,17+,18+/m1/s1. The Morgan fingerprint density at radius 2 is 1.77 bits per heavy atom. The summed E-state index contributed by atoms with van der Waals surface area (Å²) in [6.07, 6.45) is 4.74. The summed E-state index contributed by atoms with van der Waals surface area (Å²) in [5.41, 5.74) is 0. The second-order valence-electron chi connectivity index (χ2n) is 5.50. The van der Waals surface area contributed by atoms with E-state index in [-0.39, 0.29) is 12.2 Å². The Labute approximate surface area is 133 Å². The molecule has 1 saturated heterocycles. The summed E-state index contributed by atoms with van der Waals surface area (Å²) in [5.74, 6) is 9.67. The number of epoxide rings is 1. The quantitative estimate of drug-likeness (QED) is 0.260. The summed E-state index contributed by atoms with van der Waals surface area (Å²) in [6.45, 7) is 5.56. The van der Waals surface area contributed by atoms with Crippen LogP contribution in [0.1, 0.15) is 45.4 Å². The third-order valence-electron chi connectivity index (χ3n) is 3.60. The van der Waals surface area contributed by atoms with Crippen LogP contribution in [-0.2, 0) is 4.74 Å². The zero-order chi connectivity index (χ0) is 16.4. The summed E-state index contributed by atoms with van der Waals surface area (Å²) >= 11 is 0. The molecule has 0 spiro atoms. The second kappa shape index (κ2) is 10.4. The van der Waals surface area contributed by atoms with Crippen molar-refractivity contribution in [1.82, 2.24) is 0 Å². The Balaban J connectivity index is 2.25. The van der Waals surface area contributed by atoms with Crippen molar-refractivity contribution < 1.29 is 20.1 Å². The first-order valence-electron chi connectivity index (χ1n) is 7.93. The molecule has 0 bridgehead atoms. The molecule has 0 aliphatic carbocycles. The van der Waals surface area contributed by atoms with Gasteiger partial charge in [-0.05, 0) is 18.3 Å². The zero-order valence-electron chi connectivity index (χ0n) is 13.2. The van der Waals surface area contributed by atoms with Crippen molar-refractivity contribution in [2.75, 3.05) is 0 Å². The van der Waals surface area contributed by atoms with E-state index in [9.17, 15) is 10.2 Å². The molecule has 4 heteroatoms. The van der Waals surface area contributed by atoms with Crippen LogP contribution in [0.25, 0.3) is 0 Å². The molecule has 1 aliphatic heterocycles. The molecular formula is C18H26O4. The molecule has 5 atom stereocenters. The SMILES string of the molecule is C=C[C@@H](O)C#CC#C[C@@H](O)[C@H](O)[C@H]1O[C@H]1CCCCCCC. The molecule has 1 rings (SSSR count). The van der Waals surface area contributed by atoms with Gasteiger partial charge in [0.05, 0.1) is 6.10 Å². The molecule has 0 aromatic carbocycles. The first-order valence-corrected chi connectivity index (χ1v) is 7.93. The van der Waals surface area contributed by atoms with Gasteiger partial charge in [0.25, 0.3) is 0 Å². The molecule has 0 saturated carbocycles. The van der Waals surface area contributed by atoms with Crippen LogP contribution in [0.5, 0.6) is 0 Å². The van der Waals surface area contributed by atoms with Gasteiger partial charge in [-0.3, -0.25) is 0 Å². The van der Waals surface area contributed by atoms with Crippen LogP contribution in [0.15, 0.2) is 12.7 Å². The Morgan fingerprint density at radius 3 is 2.45 bits per heavy atom. The predicted octanol–water partition coefficient (Wildman–Crippen LogP) is 1.39. The van der Waals surface area contributed by atoms with E-state index in [1.54, 1.807) is 0 Å². The van der Waals surface area contributed by atoms with Gasteiger partial charge in [-0.1, -0.05) is 63.5 Å². The minimum atomic E-state index is -1.19. The Bertz CT molecular complexity index is 451. The largest absolute Gasteiger partial charge is 0.387 e. The van der Waals surface area contributed by atoms with Crippen LogP contribution in [-0.4, -0.2) is 45.8 Å². The third kappa shape index (κ3) is 7.11. The van der Waals surface area contributed by atoms with Gasteiger partial charge < -0.3 is 20.1 Å². The van der Waals surface area contributed by atoms with Gasteiger partial charge in [0.2, 0.25) is 0 Å². The highest BCUT2D eigenvalue weighted by molar-refractivity contribution is 5.30. The summed E-state index contributed by atoms with van der Waals surface area (Å²) in [7, 11) is 0. The van der Waals surface area contributed by atoms with Crippen LogP contribution in [0, 0.1) is 23.7 Å². The van der Waals surface area contributed by atoms with E-state index in [4.69, 9.17) is 9.84 Å². The van der Waals surface area contributed by atoms with Gasteiger partial charge in [-0.15, -0.1) is 0 Å². The van der Waals surface area contributed by atoms with Crippen LogP contribution >= 0.6 is 0 Å². The maximum absolute atomic E-state index is 9.93. The summed E-state index contributed by atoms with van der Waals surface area (Å²) in [5, 5.41) is 28.8. The van der Waals surface area contributed by atoms with Crippen molar-refractivity contribution in [3.8, 4) is 23.7 Å². The van der Waals surface area contributed by atoms with E-state index in [0.29, 0.717) is 0 Å². The van der Waals surface area contributed by atoms with E-state index in [1.165, 1.54) is 31.8 Å². The number of hydrogen-bond acceptors (Lipinski definition) is 4. The molecule has 1 fully saturated rings. The van der Waals surface area contributed by atoms with Crippen LogP contribution in [0.3, 0.4) is 0 Å². The molecule has 0 radical (unpaired) electrons. The number of aliphatic hydroxyl groups excluding tert-OH is 3. The van der Waals surface area contributed by atoms with Crippen LogP contribution in [0.2, 0.25) is 0 Å². The van der Waals surface area contributed by atoms with E-state index < -0.39 is 18.3 Å². The van der Waals surface area contributed by atoms with Crippen molar-refractivity contribution in [3.05, 3.63) is 12.7 Å². The summed E-state index contributed by atoms with van der Waals surface area (Å²) < 4.78 is 5.40. The van der Waals surface area contributed by atoms with Crippen molar-refractivity contribution in [2.45, 2.75) is 76.0 Å². The topological polar surface area (TPSA) is 73.2 Å². The van der Waals surface area contributed by atoms with E-state index >= 15 is 0 Å². The van der Waals surface area contributed by atoms with Crippen LogP contribution < -0.4 is 0 Å². The summed E-state index contributed by atoms with van der Waals surface area (Å²) in [6, 6.07) is 0. The lowest BCUT2D eigenvalue weighted by Gasteiger charge is -2.09. The molecule has 0 amide bonds. The minimum Gasteiger partial charge on any atom is -0.387 e. The van der Waals surface area contributed by atoms with Gasteiger partial charge >= 0.3 is 0 Å². The lowest BCUT2D eigenvalue weighted by atomic mass is 10.0. The zero-order valence-corrected chi connectivity index (χ0v) is 13.2. The lowest BCUT2D eigenvalue weighted by Crippen LogP contribution is -2.30.